The van der Waals surface area contributed by atoms with E-state index in [0.717, 1.165) is 25.4 Å². The van der Waals surface area contributed by atoms with Crippen molar-refractivity contribution in [2.75, 3.05) is 40.0 Å². The second-order valence-electron chi connectivity index (χ2n) is 5.82. The first kappa shape index (κ1) is 17.7. The molecular weight excluding hydrogens is 296 g/mol. The first-order valence-corrected chi connectivity index (χ1v) is 7.99. The maximum absolute atomic E-state index is 11.7. The molecule has 23 heavy (non-hydrogen) atoms. The first-order chi connectivity index (χ1) is 11.2. The molecule has 0 saturated carbocycles. The van der Waals surface area contributed by atoms with E-state index in [9.17, 15) is 9.90 Å². The molecule has 1 aliphatic rings. The Morgan fingerprint density at radius 2 is 2.09 bits per heavy atom. The van der Waals surface area contributed by atoms with Gasteiger partial charge >= 0.3 is 0 Å². The molecule has 1 amide bonds. The second-order valence-corrected chi connectivity index (χ2v) is 5.82. The van der Waals surface area contributed by atoms with E-state index in [2.05, 4.69) is 22.3 Å². The van der Waals surface area contributed by atoms with Gasteiger partial charge in [0.05, 0.1) is 6.61 Å². The van der Waals surface area contributed by atoms with Gasteiger partial charge in [-0.3, -0.25) is 9.69 Å². The molecule has 0 radical (unpaired) electrons. The van der Waals surface area contributed by atoms with Crippen molar-refractivity contribution < 1.29 is 19.4 Å². The highest BCUT2D eigenvalue weighted by Gasteiger charge is 2.33. The Morgan fingerprint density at radius 3 is 2.70 bits per heavy atom. The molecule has 1 aromatic rings. The second kappa shape index (κ2) is 8.86. The number of carbonyl (C=O) groups excluding carboxylic acids is 1. The number of hydrogen-bond acceptors (Lipinski definition) is 5. The predicted octanol–water partition coefficient (Wildman–Crippen LogP) is 0.641. The molecule has 2 rings (SSSR count). The molecule has 2 atom stereocenters. The third-order valence-electron chi connectivity index (χ3n) is 4.01. The minimum absolute atomic E-state index is 0.0367. The number of ether oxygens (including phenoxy) is 2. The normalized spacial score (nSPS) is 21.3. The summed E-state index contributed by atoms with van der Waals surface area (Å²) in [5.74, 6) is 0.785. The molecule has 1 aromatic carbocycles. The van der Waals surface area contributed by atoms with Crippen LogP contribution >= 0.6 is 0 Å². The Balaban J connectivity index is 1.89. The van der Waals surface area contributed by atoms with Crippen LogP contribution < -0.4 is 10.1 Å². The van der Waals surface area contributed by atoms with E-state index in [1.807, 2.05) is 19.1 Å². The summed E-state index contributed by atoms with van der Waals surface area (Å²) < 4.78 is 10.3. The molecular formula is C17H26N2O4. The molecule has 1 saturated heterocycles. The summed E-state index contributed by atoms with van der Waals surface area (Å²) in [5.41, 5.74) is 1.19. The van der Waals surface area contributed by atoms with Gasteiger partial charge in [-0.1, -0.05) is 12.1 Å². The molecule has 0 aliphatic carbocycles. The Morgan fingerprint density at radius 1 is 1.35 bits per heavy atom. The molecule has 0 bridgehead atoms. The average Bonchev–Trinajstić information content (AvgIpc) is 2.91. The van der Waals surface area contributed by atoms with Crippen LogP contribution in [0.4, 0.5) is 0 Å². The maximum atomic E-state index is 11.7. The van der Waals surface area contributed by atoms with Crippen LogP contribution in [0.15, 0.2) is 24.3 Å². The molecule has 0 spiro atoms. The van der Waals surface area contributed by atoms with Crippen molar-refractivity contribution >= 4 is 5.91 Å². The van der Waals surface area contributed by atoms with Crippen LogP contribution in [0.25, 0.3) is 0 Å². The smallest absolute Gasteiger partial charge is 0.246 e. The highest BCUT2D eigenvalue weighted by Crippen LogP contribution is 2.20. The number of benzene rings is 1. The Hall–Kier alpha value is -1.63. The summed E-state index contributed by atoms with van der Waals surface area (Å²) in [6.07, 6.45) is 0. The molecule has 1 heterocycles. The molecule has 6 nitrogen and oxygen atoms in total. The fourth-order valence-electron chi connectivity index (χ4n) is 2.93. The fraction of sp³-hybridized carbons (Fsp3) is 0.588. The summed E-state index contributed by atoms with van der Waals surface area (Å²) in [6, 6.07) is 8.00. The zero-order valence-electron chi connectivity index (χ0n) is 13.8. The number of nitrogens with zero attached hydrogens (tertiary/aromatic N) is 1. The van der Waals surface area contributed by atoms with Crippen LogP contribution in [-0.2, 0) is 16.1 Å². The van der Waals surface area contributed by atoms with Gasteiger partial charge in [-0.2, -0.15) is 0 Å². The van der Waals surface area contributed by atoms with Crippen molar-refractivity contribution in [3.63, 3.8) is 0 Å². The van der Waals surface area contributed by atoms with Gasteiger partial charge in [0.1, 0.15) is 12.4 Å². The zero-order valence-corrected chi connectivity index (χ0v) is 13.8. The van der Waals surface area contributed by atoms with Crippen LogP contribution in [-0.4, -0.2) is 62.0 Å². The third kappa shape index (κ3) is 5.20. The van der Waals surface area contributed by atoms with Crippen LogP contribution in [0.1, 0.15) is 12.5 Å². The minimum Gasteiger partial charge on any atom is -0.494 e. The Bertz CT molecular complexity index is 492. The van der Waals surface area contributed by atoms with Crippen LogP contribution in [0, 0.1) is 5.92 Å². The van der Waals surface area contributed by atoms with Gasteiger partial charge in [-0.15, -0.1) is 0 Å². The molecule has 128 valence electrons. The number of rotatable bonds is 8. The number of nitrogens with one attached hydrogen (secondary N) is 1. The molecule has 6 heteroatoms. The van der Waals surface area contributed by atoms with Gasteiger partial charge < -0.3 is 19.9 Å². The Kier molecular flexibility index (Phi) is 6.83. The van der Waals surface area contributed by atoms with Crippen LogP contribution in [0.5, 0.6) is 5.75 Å². The highest BCUT2D eigenvalue weighted by atomic mass is 16.5. The van der Waals surface area contributed by atoms with Crippen molar-refractivity contribution in [3.8, 4) is 5.75 Å². The standard InChI is InChI=1S/C17H26N2O4/c1-3-23-15-6-4-13(5-7-15)8-19-9-14(11-20)16(10-19)18-17(21)12-22-2/h4-7,14,16,20H,3,8-12H2,1-2H3,(H,18,21)/t14-,16+/m0/s1. The van der Waals surface area contributed by atoms with Crippen molar-refractivity contribution in [3.05, 3.63) is 29.8 Å². The molecule has 0 aromatic heterocycles. The van der Waals surface area contributed by atoms with Gasteiger partial charge in [0.15, 0.2) is 0 Å². The van der Waals surface area contributed by atoms with E-state index < -0.39 is 0 Å². The summed E-state index contributed by atoms with van der Waals surface area (Å²) in [4.78, 5) is 13.9. The Labute approximate surface area is 137 Å². The number of carbonyl (C=O) groups is 1. The zero-order chi connectivity index (χ0) is 16.7. The van der Waals surface area contributed by atoms with E-state index in [1.165, 1.54) is 12.7 Å². The summed E-state index contributed by atoms with van der Waals surface area (Å²) in [7, 11) is 1.50. The van der Waals surface area contributed by atoms with Gasteiger partial charge in [-0.25, -0.2) is 0 Å². The number of methoxy groups -OCH3 is 1. The lowest BCUT2D eigenvalue weighted by Gasteiger charge is -2.18. The van der Waals surface area contributed by atoms with E-state index in [1.54, 1.807) is 0 Å². The van der Waals surface area contributed by atoms with E-state index in [0.29, 0.717) is 6.61 Å². The van der Waals surface area contributed by atoms with Gasteiger partial charge in [0.2, 0.25) is 5.91 Å². The number of aliphatic hydroxyl groups excluding tert-OH is 1. The maximum Gasteiger partial charge on any atom is 0.246 e. The number of amides is 1. The lowest BCUT2D eigenvalue weighted by Crippen LogP contribution is -2.43. The van der Waals surface area contributed by atoms with Gasteiger partial charge in [0, 0.05) is 45.3 Å². The third-order valence-corrected chi connectivity index (χ3v) is 4.01. The predicted molar refractivity (Wildman–Crippen MR) is 87.3 cm³/mol. The topological polar surface area (TPSA) is 71.0 Å². The minimum atomic E-state index is -0.140. The van der Waals surface area contributed by atoms with Crippen LogP contribution in [0.2, 0.25) is 0 Å². The highest BCUT2D eigenvalue weighted by molar-refractivity contribution is 5.77. The van der Waals surface area contributed by atoms with Crippen molar-refractivity contribution in [1.29, 1.82) is 0 Å². The van der Waals surface area contributed by atoms with Gasteiger partial charge in [-0.05, 0) is 24.6 Å². The molecule has 0 unspecified atom stereocenters. The number of likely N-dealkylation sites (tertiary alicyclic amines) is 1. The molecule has 1 aliphatic heterocycles. The lowest BCUT2D eigenvalue weighted by molar-refractivity contribution is -0.125. The van der Waals surface area contributed by atoms with Crippen LogP contribution in [0.3, 0.4) is 0 Å². The molecule has 1 fully saturated rings. The summed E-state index contributed by atoms with van der Waals surface area (Å²) in [5, 5.41) is 12.5. The van der Waals surface area contributed by atoms with Gasteiger partial charge in [0.25, 0.3) is 0 Å². The van der Waals surface area contributed by atoms with E-state index >= 15 is 0 Å². The van der Waals surface area contributed by atoms with Crippen molar-refractivity contribution in [1.82, 2.24) is 10.2 Å². The van der Waals surface area contributed by atoms with Crippen molar-refractivity contribution in [2.24, 2.45) is 5.92 Å². The number of aliphatic hydroxyl groups is 1. The summed E-state index contributed by atoms with van der Waals surface area (Å²) >= 11 is 0. The monoisotopic (exact) mass is 322 g/mol. The largest absolute Gasteiger partial charge is 0.494 e. The van der Waals surface area contributed by atoms with Crippen molar-refractivity contribution in [2.45, 2.75) is 19.5 Å². The average molecular weight is 322 g/mol. The molecule has 2 N–H and O–H groups in total. The van der Waals surface area contributed by atoms with E-state index in [-0.39, 0.29) is 31.1 Å². The number of hydrogen-bond donors (Lipinski definition) is 2. The van der Waals surface area contributed by atoms with E-state index in [4.69, 9.17) is 9.47 Å². The quantitative estimate of drug-likeness (QED) is 0.735. The fourth-order valence-corrected chi connectivity index (χ4v) is 2.93. The lowest BCUT2D eigenvalue weighted by atomic mass is 10.1. The summed E-state index contributed by atoms with van der Waals surface area (Å²) in [6.45, 7) is 5.03. The SMILES string of the molecule is CCOc1ccc(CN2C[C@@H](CO)[C@H](NC(=O)COC)C2)cc1. The first-order valence-electron chi connectivity index (χ1n) is 7.99.